The molecular formula is C16H16ClN3O2. The monoisotopic (exact) mass is 317 g/mol. The second-order valence-electron chi connectivity index (χ2n) is 5.07. The summed E-state index contributed by atoms with van der Waals surface area (Å²) in [6.07, 6.45) is 5.91. The highest BCUT2D eigenvalue weighted by molar-refractivity contribution is 6.29. The average molecular weight is 318 g/mol. The second kappa shape index (κ2) is 6.23. The van der Waals surface area contributed by atoms with E-state index in [1.54, 1.807) is 19.2 Å². The summed E-state index contributed by atoms with van der Waals surface area (Å²) < 4.78 is 5.24. The average Bonchev–Trinajstić information content (AvgIpc) is 2.96. The Kier molecular flexibility index (Phi) is 4.15. The van der Waals surface area contributed by atoms with Crippen molar-refractivity contribution in [3.05, 3.63) is 52.5 Å². The van der Waals surface area contributed by atoms with Crippen molar-refractivity contribution >= 4 is 28.5 Å². The summed E-state index contributed by atoms with van der Waals surface area (Å²) in [6.45, 7) is 0.468. The van der Waals surface area contributed by atoms with E-state index >= 15 is 0 Å². The van der Waals surface area contributed by atoms with Crippen molar-refractivity contribution in [2.45, 2.75) is 12.8 Å². The molecule has 0 aromatic carbocycles. The van der Waals surface area contributed by atoms with Gasteiger partial charge in [0.05, 0.1) is 12.9 Å². The summed E-state index contributed by atoms with van der Waals surface area (Å²) in [6, 6.07) is 5.29. The molecule has 22 heavy (non-hydrogen) atoms. The zero-order valence-corrected chi connectivity index (χ0v) is 12.9. The van der Waals surface area contributed by atoms with Crippen molar-refractivity contribution < 1.29 is 9.53 Å². The molecule has 114 valence electrons. The Morgan fingerprint density at radius 3 is 3.18 bits per heavy atom. The van der Waals surface area contributed by atoms with Gasteiger partial charge in [-0.05, 0) is 36.3 Å². The lowest BCUT2D eigenvalue weighted by atomic mass is 10.1. The predicted molar refractivity (Wildman–Crippen MR) is 85.8 cm³/mol. The molecule has 2 N–H and O–H groups in total. The number of hydrogen-bond donors (Lipinski definition) is 2. The zero-order valence-electron chi connectivity index (χ0n) is 12.1. The number of pyridine rings is 1. The fourth-order valence-electron chi connectivity index (χ4n) is 2.40. The number of hydrogen-bond acceptors (Lipinski definition) is 3. The summed E-state index contributed by atoms with van der Waals surface area (Å²) in [5.41, 5.74) is 2.13. The van der Waals surface area contributed by atoms with Crippen LogP contribution in [-0.4, -0.2) is 29.5 Å². The molecule has 0 unspecified atom stereocenters. The SMILES string of the molecule is COC1=CC(CNC(=O)c2cc3ccc(Cl)nc3[nH]2)=CCC1. The van der Waals surface area contributed by atoms with Crippen molar-refractivity contribution in [2.75, 3.05) is 13.7 Å². The molecule has 1 aliphatic carbocycles. The van der Waals surface area contributed by atoms with Crippen LogP contribution in [0, 0.1) is 0 Å². The molecule has 0 radical (unpaired) electrons. The maximum Gasteiger partial charge on any atom is 0.268 e. The normalized spacial score (nSPS) is 14.5. The third-order valence-electron chi connectivity index (χ3n) is 3.55. The summed E-state index contributed by atoms with van der Waals surface area (Å²) in [4.78, 5) is 19.3. The van der Waals surface area contributed by atoms with E-state index in [1.807, 2.05) is 12.1 Å². The van der Waals surface area contributed by atoms with Crippen LogP contribution in [0.4, 0.5) is 0 Å². The van der Waals surface area contributed by atoms with E-state index in [0.717, 1.165) is 29.6 Å². The molecule has 0 atom stereocenters. The first-order chi connectivity index (χ1) is 10.7. The largest absolute Gasteiger partial charge is 0.501 e. The summed E-state index contributed by atoms with van der Waals surface area (Å²) in [7, 11) is 1.66. The van der Waals surface area contributed by atoms with Crippen LogP contribution in [-0.2, 0) is 4.74 Å². The molecule has 5 nitrogen and oxygen atoms in total. The van der Waals surface area contributed by atoms with Gasteiger partial charge in [0, 0.05) is 18.4 Å². The van der Waals surface area contributed by atoms with Crippen molar-refractivity contribution in [2.24, 2.45) is 0 Å². The predicted octanol–water partition coefficient (Wildman–Crippen LogP) is 3.20. The van der Waals surface area contributed by atoms with Crippen LogP contribution >= 0.6 is 11.6 Å². The quantitative estimate of drug-likeness (QED) is 0.851. The molecule has 0 spiro atoms. The fraction of sp³-hybridized carbons (Fsp3) is 0.250. The van der Waals surface area contributed by atoms with Gasteiger partial charge in [-0.1, -0.05) is 17.7 Å². The van der Waals surface area contributed by atoms with Crippen LogP contribution in [0.3, 0.4) is 0 Å². The van der Waals surface area contributed by atoms with Gasteiger partial charge in [0.15, 0.2) is 0 Å². The van der Waals surface area contributed by atoms with E-state index in [2.05, 4.69) is 21.4 Å². The topological polar surface area (TPSA) is 67.0 Å². The maximum atomic E-state index is 12.2. The number of fused-ring (bicyclic) bond motifs is 1. The number of nitrogens with zero attached hydrogens (tertiary/aromatic N) is 1. The Bertz CT molecular complexity index is 777. The number of ether oxygens (including phenoxy) is 1. The fourth-order valence-corrected chi connectivity index (χ4v) is 2.55. The molecule has 2 aromatic rings. The Morgan fingerprint density at radius 1 is 1.50 bits per heavy atom. The van der Waals surface area contributed by atoms with Gasteiger partial charge >= 0.3 is 0 Å². The molecule has 0 saturated carbocycles. The molecule has 1 amide bonds. The Hall–Kier alpha value is -2.27. The summed E-state index contributed by atoms with van der Waals surface area (Å²) in [5, 5.41) is 4.14. The van der Waals surface area contributed by atoms with E-state index in [0.29, 0.717) is 23.0 Å². The van der Waals surface area contributed by atoms with E-state index in [9.17, 15) is 4.79 Å². The van der Waals surface area contributed by atoms with Gasteiger partial charge < -0.3 is 15.0 Å². The van der Waals surface area contributed by atoms with Gasteiger partial charge in [0.25, 0.3) is 5.91 Å². The smallest absolute Gasteiger partial charge is 0.268 e. The number of rotatable bonds is 4. The Morgan fingerprint density at radius 2 is 2.36 bits per heavy atom. The second-order valence-corrected chi connectivity index (χ2v) is 5.46. The third-order valence-corrected chi connectivity index (χ3v) is 3.76. The number of carbonyl (C=O) groups is 1. The van der Waals surface area contributed by atoms with Gasteiger partial charge in [-0.15, -0.1) is 0 Å². The minimum absolute atomic E-state index is 0.173. The molecular weight excluding hydrogens is 302 g/mol. The van der Waals surface area contributed by atoms with Crippen molar-refractivity contribution in [3.8, 4) is 0 Å². The number of allylic oxidation sites excluding steroid dienone is 2. The van der Waals surface area contributed by atoms with Crippen molar-refractivity contribution in [1.29, 1.82) is 0 Å². The molecule has 0 fully saturated rings. The zero-order chi connectivity index (χ0) is 15.5. The van der Waals surface area contributed by atoms with E-state index in [1.165, 1.54) is 0 Å². The molecule has 0 bridgehead atoms. The highest BCUT2D eigenvalue weighted by atomic mass is 35.5. The summed E-state index contributed by atoms with van der Waals surface area (Å²) >= 11 is 5.84. The number of carbonyl (C=O) groups excluding carboxylic acids is 1. The number of aromatic amines is 1. The number of methoxy groups -OCH3 is 1. The molecule has 0 aliphatic heterocycles. The van der Waals surface area contributed by atoms with Gasteiger partial charge in [-0.2, -0.15) is 0 Å². The van der Waals surface area contributed by atoms with Gasteiger partial charge in [-0.3, -0.25) is 4.79 Å². The van der Waals surface area contributed by atoms with Crippen LogP contribution in [0.2, 0.25) is 5.15 Å². The van der Waals surface area contributed by atoms with Crippen LogP contribution in [0.25, 0.3) is 11.0 Å². The lowest BCUT2D eigenvalue weighted by Gasteiger charge is -2.13. The van der Waals surface area contributed by atoms with Gasteiger partial charge in [0.1, 0.15) is 16.5 Å². The number of aromatic nitrogens is 2. The molecule has 2 heterocycles. The van der Waals surface area contributed by atoms with E-state index in [-0.39, 0.29) is 5.91 Å². The number of halogens is 1. The first kappa shape index (κ1) is 14.7. The summed E-state index contributed by atoms with van der Waals surface area (Å²) in [5.74, 6) is 0.768. The Balaban J connectivity index is 1.68. The van der Waals surface area contributed by atoms with Crippen LogP contribution in [0.1, 0.15) is 23.3 Å². The van der Waals surface area contributed by atoms with Crippen LogP contribution in [0.15, 0.2) is 41.7 Å². The van der Waals surface area contributed by atoms with Crippen LogP contribution < -0.4 is 5.32 Å². The molecule has 2 aromatic heterocycles. The van der Waals surface area contributed by atoms with E-state index in [4.69, 9.17) is 16.3 Å². The third kappa shape index (κ3) is 3.14. The van der Waals surface area contributed by atoms with Gasteiger partial charge in [0.2, 0.25) is 0 Å². The number of nitrogens with one attached hydrogen (secondary N) is 2. The number of amides is 1. The maximum absolute atomic E-state index is 12.2. The minimum Gasteiger partial charge on any atom is -0.501 e. The highest BCUT2D eigenvalue weighted by Crippen LogP contribution is 2.18. The Labute approximate surface area is 133 Å². The van der Waals surface area contributed by atoms with Crippen LogP contribution in [0.5, 0.6) is 0 Å². The van der Waals surface area contributed by atoms with E-state index < -0.39 is 0 Å². The molecule has 0 saturated heterocycles. The van der Waals surface area contributed by atoms with Gasteiger partial charge in [-0.25, -0.2) is 4.98 Å². The lowest BCUT2D eigenvalue weighted by molar-refractivity contribution is 0.0953. The lowest BCUT2D eigenvalue weighted by Crippen LogP contribution is -2.26. The first-order valence-corrected chi connectivity index (χ1v) is 7.40. The highest BCUT2D eigenvalue weighted by Gasteiger charge is 2.12. The number of H-pyrrole nitrogens is 1. The minimum atomic E-state index is -0.173. The van der Waals surface area contributed by atoms with Crippen molar-refractivity contribution in [1.82, 2.24) is 15.3 Å². The standard InChI is InChI=1S/C16H16ClN3O2/c1-22-12-4-2-3-10(7-12)9-18-16(21)13-8-11-5-6-14(17)20-15(11)19-13/h3,5-8H,2,4,9H2,1H3,(H,18,21)(H,19,20). The first-order valence-electron chi connectivity index (χ1n) is 7.03. The molecule has 6 heteroatoms. The van der Waals surface area contributed by atoms with Crippen molar-refractivity contribution in [3.63, 3.8) is 0 Å². The molecule has 3 rings (SSSR count). The molecule has 1 aliphatic rings.